The van der Waals surface area contributed by atoms with Crippen LogP contribution in [-0.2, 0) is 16.0 Å². The van der Waals surface area contributed by atoms with E-state index in [1.165, 1.54) is 0 Å². The highest BCUT2D eigenvalue weighted by Gasteiger charge is 2.10. The summed E-state index contributed by atoms with van der Waals surface area (Å²) in [5.74, 6) is -0.555. The zero-order valence-corrected chi connectivity index (χ0v) is 12.5. The number of nitrogens with zero attached hydrogens (tertiary/aromatic N) is 1. The van der Waals surface area contributed by atoms with Crippen LogP contribution < -0.4 is 5.32 Å². The fraction of sp³-hybridized carbons (Fsp3) is 0.500. The Morgan fingerprint density at radius 1 is 1.10 bits per heavy atom. The Bertz CT molecular complexity index is 434. The monoisotopic (exact) mass is 292 g/mol. The van der Waals surface area contributed by atoms with E-state index in [9.17, 15) is 9.59 Å². The van der Waals surface area contributed by atoms with E-state index in [-0.39, 0.29) is 31.4 Å². The van der Waals surface area contributed by atoms with Crippen molar-refractivity contribution in [3.63, 3.8) is 0 Å². The molecule has 0 aromatic heterocycles. The molecule has 116 valence electrons. The third-order valence-electron chi connectivity index (χ3n) is 3.10. The maximum Gasteiger partial charge on any atom is 0.240 e. The van der Waals surface area contributed by atoms with Crippen LogP contribution in [0.15, 0.2) is 30.3 Å². The molecule has 0 aliphatic heterocycles. The number of aliphatic hydroxyl groups excluding tert-OH is 1. The molecule has 2 N–H and O–H groups in total. The molecule has 0 bridgehead atoms. The molecule has 0 atom stereocenters. The number of hydrogen-bond donors (Lipinski definition) is 2. The Hall–Kier alpha value is -1.72. The summed E-state index contributed by atoms with van der Waals surface area (Å²) in [6.45, 7) is 1.19. The molecule has 0 radical (unpaired) electrons. The lowest BCUT2D eigenvalue weighted by Crippen LogP contribution is -2.39. The molecule has 21 heavy (non-hydrogen) atoms. The molecule has 2 amide bonds. The molecule has 0 aliphatic carbocycles. The number of aliphatic hydroxyl groups is 1. The lowest BCUT2D eigenvalue weighted by molar-refractivity contribution is -0.130. The van der Waals surface area contributed by atoms with Gasteiger partial charge in [0.1, 0.15) is 0 Å². The summed E-state index contributed by atoms with van der Waals surface area (Å²) in [7, 11) is 1.85. The van der Waals surface area contributed by atoms with E-state index in [1.54, 1.807) is 0 Å². The largest absolute Gasteiger partial charge is 0.396 e. The average Bonchev–Trinajstić information content (AvgIpc) is 2.44. The summed E-state index contributed by atoms with van der Waals surface area (Å²) in [5.41, 5.74) is 0.889. The second-order valence-electron chi connectivity index (χ2n) is 5.16. The van der Waals surface area contributed by atoms with Crippen LogP contribution in [0.3, 0.4) is 0 Å². The highest BCUT2D eigenvalue weighted by molar-refractivity contribution is 5.96. The van der Waals surface area contributed by atoms with E-state index in [0.29, 0.717) is 0 Å². The van der Waals surface area contributed by atoms with Crippen molar-refractivity contribution in [1.29, 1.82) is 0 Å². The van der Waals surface area contributed by atoms with Gasteiger partial charge in [-0.2, -0.15) is 0 Å². The highest BCUT2D eigenvalue weighted by atomic mass is 16.3. The SMILES string of the molecule is CN(CCCCCO)CC(=O)NC(=O)Cc1ccccc1. The van der Waals surface area contributed by atoms with Crippen LogP contribution in [0.1, 0.15) is 24.8 Å². The predicted molar refractivity (Wildman–Crippen MR) is 81.7 cm³/mol. The lowest BCUT2D eigenvalue weighted by atomic mass is 10.1. The number of benzene rings is 1. The number of likely N-dealkylation sites (N-methyl/N-ethyl adjacent to an activating group) is 1. The zero-order valence-electron chi connectivity index (χ0n) is 12.5. The predicted octanol–water partition coefficient (Wildman–Crippen LogP) is 0.966. The number of carbonyl (C=O) groups is 2. The minimum absolute atomic E-state index is 0.207. The van der Waals surface area contributed by atoms with Gasteiger partial charge in [-0.1, -0.05) is 30.3 Å². The molecule has 1 aromatic carbocycles. The number of amides is 2. The van der Waals surface area contributed by atoms with Crippen molar-refractivity contribution < 1.29 is 14.7 Å². The van der Waals surface area contributed by atoms with Gasteiger partial charge >= 0.3 is 0 Å². The number of carbonyl (C=O) groups excluding carboxylic acids is 2. The van der Waals surface area contributed by atoms with Gasteiger partial charge in [-0.25, -0.2) is 0 Å². The van der Waals surface area contributed by atoms with Gasteiger partial charge in [-0.05, 0) is 38.4 Å². The van der Waals surface area contributed by atoms with E-state index in [2.05, 4.69) is 5.32 Å². The third kappa shape index (κ3) is 8.22. The van der Waals surface area contributed by atoms with Crippen molar-refractivity contribution >= 4 is 11.8 Å². The van der Waals surface area contributed by atoms with Gasteiger partial charge in [-0.15, -0.1) is 0 Å². The highest BCUT2D eigenvalue weighted by Crippen LogP contribution is 1.99. The lowest BCUT2D eigenvalue weighted by Gasteiger charge is -2.15. The Balaban J connectivity index is 2.21. The topological polar surface area (TPSA) is 69.6 Å². The number of imide groups is 1. The molecular formula is C16H24N2O3. The van der Waals surface area contributed by atoms with Gasteiger partial charge in [0, 0.05) is 6.61 Å². The van der Waals surface area contributed by atoms with Crippen molar-refractivity contribution in [2.24, 2.45) is 0 Å². The Morgan fingerprint density at radius 2 is 1.81 bits per heavy atom. The quantitative estimate of drug-likeness (QED) is 0.665. The zero-order chi connectivity index (χ0) is 15.5. The van der Waals surface area contributed by atoms with Crippen LogP contribution in [0.2, 0.25) is 0 Å². The number of unbranched alkanes of at least 4 members (excludes halogenated alkanes) is 2. The van der Waals surface area contributed by atoms with Gasteiger partial charge in [0.2, 0.25) is 11.8 Å². The summed E-state index contributed by atoms with van der Waals surface area (Å²) in [6, 6.07) is 9.34. The van der Waals surface area contributed by atoms with Crippen molar-refractivity contribution in [3.8, 4) is 0 Å². The van der Waals surface area contributed by atoms with E-state index in [1.807, 2.05) is 42.3 Å². The second-order valence-corrected chi connectivity index (χ2v) is 5.16. The maximum atomic E-state index is 11.7. The molecular weight excluding hydrogens is 268 g/mol. The molecule has 1 aromatic rings. The van der Waals surface area contributed by atoms with Gasteiger partial charge in [0.15, 0.2) is 0 Å². The maximum absolute atomic E-state index is 11.7. The summed E-state index contributed by atoms with van der Waals surface area (Å²) >= 11 is 0. The van der Waals surface area contributed by atoms with Crippen LogP contribution >= 0.6 is 0 Å². The van der Waals surface area contributed by atoms with Gasteiger partial charge in [0.25, 0.3) is 0 Å². The fourth-order valence-corrected chi connectivity index (χ4v) is 2.01. The minimum Gasteiger partial charge on any atom is -0.396 e. The molecule has 1 rings (SSSR count). The fourth-order valence-electron chi connectivity index (χ4n) is 2.01. The van der Waals surface area contributed by atoms with Crippen LogP contribution in [0.5, 0.6) is 0 Å². The molecule has 0 saturated heterocycles. The first-order valence-electron chi connectivity index (χ1n) is 7.28. The molecule has 0 unspecified atom stereocenters. The first-order chi connectivity index (χ1) is 10.1. The summed E-state index contributed by atoms with van der Waals surface area (Å²) in [6.07, 6.45) is 2.88. The van der Waals surface area contributed by atoms with E-state index in [4.69, 9.17) is 5.11 Å². The normalized spacial score (nSPS) is 10.6. The Labute approximate surface area is 126 Å². The van der Waals surface area contributed by atoms with Gasteiger partial charge in [0.05, 0.1) is 13.0 Å². The van der Waals surface area contributed by atoms with E-state index >= 15 is 0 Å². The van der Waals surface area contributed by atoms with Gasteiger partial charge < -0.3 is 5.11 Å². The summed E-state index contributed by atoms with van der Waals surface area (Å²) in [5, 5.41) is 11.1. The number of nitrogens with one attached hydrogen (secondary N) is 1. The smallest absolute Gasteiger partial charge is 0.240 e. The number of rotatable bonds is 9. The van der Waals surface area contributed by atoms with Gasteiger partial charge in [-0.3, -0.25) is 19.8 Å². The van der Waals surface area contributed by atoms with Crippen molar-refractivity contribution in [1.82, 2.24) is 10.2 Å². The van der Waals surface area contributed by atoms with Crippen molar-refractivity contribution in [2.45, 2.75) is 25.7 Å². The molecule has 0 aliphatic rings. The summed E-state index contributed by atoms with van der Waals surface area (Å²) in [4.78, 5) is 25.3. The molecule has 0 saturated carbocycles. The standard InChI is InChI=1S/C16H24N2O3/c1-18(10-6-3-7-11-19)13-16(21)17-15(20)12-14-8-4-2-5-9-14/h2,4-5,8-9,19H,3,6-7,10-13H2,1H3,(H,17,20,21). The Morgan fingerprint density at radius 3 is 2.48 bits per heavy atom. The average molecular weight is 292 g/mol. The van der Waals surface area contributed by atoms with Crippen molar-refractivity contribution in [3.05, 3.63) is 35.9 Å². The summed E-state index contributed by atoms with van der Waals surface area (Å²) < 4.78 is 0. The molecule has 0 spiro atoms. The number of hydrogen-bond acceptors (Lipinski definition) is 4. The third-order valence-corrected chi connectivity index (χ3v) is 3.10. The van der Waals surface area contributed by atoms with Crippen LogP contribution in [0.4, 0.5) is 0 Å². The first kappa shape index (κ1) is 17.3. The van der Waals surface area contributed by atoms with Crippen LogP contribution in [-0.4, -0.2) is 48.6 Å². The van der Waals surface area contributed by atoms with E-state index in [0.717, 1.165) is 31.4 Å². The van der Waals surface area contributed by atoms with Crippen molar-refractivity contribution in [2.75, 3.05) is 26.7 Å². The minimum atomic E-state index is -0.278. The van der Waals surface area contributed by atoms with Crippen LogP contribution in [0, 0.1) is 0 Å². The first-order valence-corrected chi connectivity index (χ1v) is 7.28. The molecule has 0 fully saturated rings. The Kier molecular flexibility index (Phi) is 8.31. The van der Waals surface area contributed by atoms with Crippen LogP contribution in [0.25, 0.3) is 0 Å². The van der Waals surface area contributed by atoms with E-state index < -0.39 is 0 Å². The molecule has 5 nitrogen and oxygen atoms in total. The molecule has 0 heterocycles. The molecule has 5 heteroatoms. The second kappa shape index (κ2) is 10.1.